The molecule has 2 aliphatic heterocycles. The predicted molar refractivity (Wildman–Crippen MR) is 123 cm³/mol. The third kappa shape index (κ3) is 4.33. The van der Waals surface area contributed by atoms with Gasteiger partial charge in [-0.2, -0.15) is 5.10 Å². The summed E-state index contributed by atoms with van der Waals surface area (Å²) >= 11 is 12.6. The minimum absolute atomic E-state index is 0.408. The van der Waals surface area contributed by atoms with E-state index in [-0.39, 0.29) is 0 Å². The molecule has 1 saturated heterocycles. The quantitative estimate of drug-likeness (QED) is 0.614. The summed E-state index contributed by atoms with van der Waals surface area (Å²) in [6, 6.07) is 7.53. The number of halogens is 2. The molecule has 3 aromatic rings. The summed E-state index contributed by atoms with van der Waals surface area (Å²) in [6.45, 7) is 4.38. The summed E-state index contributed by atoms with van der Waals surface area (Å²) in [4.78, 5) is 9.32. The van der Waals surface area contributed by atoms with Gasteiger partial charge >= 0.3 is 0 Å². The Hall–Kier alpha value is -2.42. The van der Waals surface area contributed by atoms with Gasteiger partial charge in [-0.25, -0.2) is 4.98 Å². The van der Waals surface area contributed by atoms with Crippen LogP contribution >= 0.6 is 23.2 Å². The van der Waals surface area contributed by atoms with Crippen LogP contribution in [0.25, 0.3) is 11.5 Å². The fourth-order valence-electron chi connectivity index (χ4n) is 4.18. The van der Waals surface area contributed by atoms with E-state index in [9.17, 15) is 0 Å². The SMILES string of the molecule is CN1CCC(c2nc(-c3cc4c(nn3)NCCN4Cc3cc(Cl)ccc3Cl)n[nH]2)CC1. The Kier molecular flexibility index (Phi) is 5.69. The highest BCUT2D eigenvalue weighted by Crippen LogP contribution is 2.33. The van der Waals surface area contributed by atoms with Crippen LogP contribution in [0.3, 0.4) is 0 Å². The minimum Gasteiger partial charge on any atom is -0.365 e. The second-order valence-electron chi connectivity index (χ2n) is 8.17. The molecule has 8 nitrogen and oxygen atoms in total. The van der Waals surface area contributed by atoms with Crippen molar-refractivity contribution in [1.29, 1.82) is 0 Å². The molecule has 10 heteroatoms. The van der Waals surface area contributed by atoms with Crippen LogP contribution in [0.2, 0.25) is 10.0 Å². The largest absolute Gasteiger partial charge is 0.365 e. The molecule has 0 atom stereocenters. The van der Waals surface area contributed by atoms with Gasteiger partial charge in [0.15, 0.2) is 5.82 Å². The number of rotatable bonds is 4. The number of aromatic nitrogens is 5. The zero-order chi connectivity index (χ0) is 21.4. The lowest BCUT2D eigenvalue weighted by molar-refractivity contribution is 0.251. The molecule has 2 N–H and O–H groups in total. The lowest BCUT2D eigenvalue weighted by Gasteiger charge is -2.31. The number of H-pyrrole nitrogens is 1. The first-order valence-electron chi connectivity index (χ1n) is 10.5. The van der Waals surface area contributed by atoms with E-state index in [1.165, 1.54) is 0 Å². The maximum atomic E-state index is 6.40. The fourth-order valence-corrected chi connectivity index (χ4v) is 4.55. The van der Waals surface area contributed by atoms with Crippen molar-refractivity contribution >= 4 is 34.7 Å². The van der Waals surface area contributed by atoms with E-state index in [1.807, 2.05) is 18.2 Å². The van der Waals surface area contributed by atoms with Crippen molar-refractivity contribution in [1.82, 2.24) is 30.3 Å². The number of likely N-dealkylation sites (tertiary alicyclic amines) is 1. The van der Waals surface area contributed by atoms with Gasteiger partial charge in [0.2, 0.25) is 5.82 Å². The third-order valence-corrected chi connectivity index (χ3v) is 6.60. The highest BCUT2D eigenvalue weighted by atomic mass is 35.5. The molecule has 0 spiro atoms. The number of hydrogen-bond acceptors (Lipinski definition) is 7. The molecule has 162 valence electrons. The van der Waals surface area contributed by atoms with Crippen molar-refractivity contribution < 1.29 is 0 Å². The molecule has 31 heavy (non-hydrogen) atoms. The molecule has 1 fully saturated rings. The van der Waals surface area contributed by atoms with Gasteiger partial charge in [0.25, 0.3) is 0 Å². The zero-order valence-electron chi connectivity index (χ0n) is 17.3. The van der Waals surface area contributed by atoms with Crippen LogP contribution in [-0.2, 0) is 6.54 Å². The Morgan fingerprint density at radius 1 is 1.10 bits per heavy atom. The Balaban J connectivity index is 1.40. The molecule has 0 unspecified atom stereocenters. The van der Waals surface area contributed by atoms with Gasteiger partial charge in [-0.3, -0.25) is 5.10 Å². The normalized spacial score (nSPS) is 17.5. The molecular weight excluding hydrogens is 435 g/mol. The maximum Gasteiger partial charge on any atom is 0.201 e. The molecule has 5 rings (SSSR count). The molecule has 0 amide bonds. The number of piperidine rings is 1. The summed E-state index contributed by atoms with van der Waals surface area (Å²) < 4.78 is 0. The molecular formula is C21H24Cl2N8. The van der Waals surface area contributed by atoms with E-state index in [0.717, 1.165) is 61.9 Å². The fraction of sp³-hybridized carbons (Fsp3) is 0.429. The Morgan fingerprint density at radius 2 is 1.94 bits per heavy atom. The first-order valence-corrected chi connectivity index (χ1v) is 11.2. The van der Waals surface area contributed by atoms with Crippen LogP contribution in [-0.4, -0.2) is 63.5 Å². The second-order valence-corrected chi connectivity index (χ2v) is 9.01. The molecule has 0 radical (unpaired) electrons. The van der Waals surface area contributed by atoms with Crippen LogP contribution < -0.4 is 10.2 Å². The van der Waals surface area contributed by atoms with E-state index in [1.54, 1.807) is 6.07 Å². The Labute approximate surface area is 191 Å². The van der Waals surface area contributed by atoms with Gasteiger partial charge in [0.1, 0.15) is 11.5 Å². The summed E-state index contributed by atoms with van der Waals surface area (Å²) in [5.74, 6) is 2.67. The van der Waals surface area contributed by atoms with Crippen LogP contribution in [0.15, 0.2) is 24.3 Å². The van der Waals surface area contributed by atoms with Gasteiger partial charge in [0.05, 0.1) is 5.69 Å². The first kappa shape index (κ1) is 20.5. The number of fused-ring (bicyclic) bond motifs is 1. The highest BCUT2D eigenvalue weighted by Gasteiger charge is 2.24. The molecule has 4 heterocycles. The van der Waals surface area contributed by atoms with E-state index < -0.39 is 0 Å². The second kappa shape index (κ2) is 8.61. The van der Waals surface area contributed by atoms with Crippen molar-refractivity contribution in [2.75, 3.05) is 43.4 Å². The predicted octanol–water partition coefficient (Wildman–Crippen LogP) is 3.81. The van der Waals surface area contributed by atoms with E-state index >= 15 is 0 Å². The van der Waals surface area contributed by atoms with Gasteiger partial charge in [-0.05, 0) is 62.8 Å². The highest BCUT2D eigenvalue weighted by molar-refractivity contribution is 6.33. The van der Waals surface area contributed by atoms with Crippen molar-refractivity contribution in [2.45, 2.75) is 25.3 Å². The number of aromatic amines is 1. The average Bonchev–Trinajstić information content (AvgIpc) is 3.27. The standard InChI is InChI=1S/C21H24Cl2N8/c1-30-7-4-13(5-8-30)19-25-20(28-27-19)17-11-18-21(29-26-17)24-6-9-31(18)12-14-10-15(22)2-3-16(14)23/h2-3,10-11,13H,4-9,12H2,1H3,(H,24,29)(H,25,27,28). The van der Waals surface area contributed by atoms with E-state index in [4.69, 9.17) is 28.2 Å². The smallest absolute Gasteiger partial charge is 0.201 e. The van der Waals surface area contributed by atoms with Crippen molar-refractivity contribution in [2.24, 2.45) is 0 Å². The van der Waals surface area contributed by atoms with Crippen molar-refractivity contribution in [3.8, 4) is 11.5 Å². The topological polar surface area (TPSA) is 85.9 Å². The molecule has 1 aromatic carbocycles. The van der Waals surface area contributed by atoms with Gasteiger partial charge in [-0.1, -0.05) is 23.2 Å². The van der Waals surface area contributed by atoms with E-state index in [2.05, 4.69) is 42.6 Å². The Bertz CT molecular complexity index is 1080. The van der Waals surface area contributed by atoms with Gasteiger partial charge in [-0.15, -0.1) is 10.2 Å². The lowest BCUT2D eigenvalue weighted by Crippen LogP contribution is -2.34. The minimum atomic E-state index is 0.408. The van der Waals surface area contributed by atoms with Crippen LogP contribution in [0.4, 0.5) is 11.5 Å². The number of hydrogen-bond donors (Lipinski definition) is 2. The lowest BCUT2D eigenvalue weighted by atomic mass is 9.97. The number of benzene rings is 1. The number of nitrogens with one attached hydrogen (secondary N) is 2. The summed E-state index contributed by atoms with van der Waals surface area (Å²) in [5.41, 5.74) is 2.58. The molecule has 0 saturated carbocycles. The summed E-state index contributed by atoms with van der Waals surface area (Å²) in [7, 11) is 2.15. The number of nitrogens with zero attached hydrogens (tertiary/aromatic N) is 6. The molecule has 2 aromatic heterocycles. The zero-order valence-corrected chi connectivity index (χ0v) is 18.8. The van der Waals surface area contributed by atoms with Gasteiger partial charge in [0, 0.05) is 35.6 Å². The van der Waals surface area contributed by atoms with E-state index in [0.29, 0.717) is 34.0 Å². The van der Waals surface area contributed by atoms with Gasteiger partial charge < -0.3 is 15.1 Å². The van der Waals surface area contributed by atoms with Crippen molar-refractivity contribution in [3.05, 3.63) is 45.7 Å². The maximum absolute atomic E-state index is 6.40. The molecule has 0 bridgehead atoms. The summed E-state index contributed by atoms with van der Waals surface area (Å²) in [6.07, 6.45) is 2.16. The van der Waals surface area contributed by atoms with Crippen molar-refractivity contribution in [3.63, 3.8) is 0 Å². The summed E-state index contributed by atoms with van der Waals surface area (Å²) in [5, 5.41) is 21.0. The molecule has 2 aliphatic rings. The first-order chi connectivity index (χ1) is 15.1. The number of anilines is 2. The average molecular weight is 459 g/mol. The Morgan fingerprint density at radius 3 is 2.77 bits per heavy atom. The van der Waals surface area contributed by atoms with Crippen LogP contribution in [0.1, 0.15) is 30.1 Å². The van der Waals surface area contributed by atoms with Crippen LogP contribution in [0.5, 0.6) is 0 Å². The third-order valence-electron chi connectivity index (χ3n) is 5.99. The van der Waals surface area contributed by atoms with Crippen LogP contribution in [0, 0.1) is 0 Å². The monoisotopic (exact) mass is 458 g/mol. The molecule has 0 aliphatic carbocycles.